The Bertz CT molecular complexity index is 484. The van der Waals surface area contributed by atoms with Gasteiger partial charge in [0, 0.05) is 36.3 Å². The van der Waals surface area contributed by atoms with Crippen LogP contribution < -0.4 is 5.32 Å². The number of likely N-dealkylation sites (tertiary alicyclic amines) is 1. The van der Waals surface area contributed by atoms with Crippen molar-refractivity contribution in [2.45, 2.75) is 43.5 Å². The van der Waals surface area contributed by atoms with Gasteiger partial charge < -0.3 is 10.2 Å². The van der Waals surface area contributed by atoms with Crippen molar-refractivity contribution in [3.05, 3.63) is 30.3 Å². The first-order chi connectivity index (χ1) is 10.8. The van der Waals surface area contributed by atoms with Gasteiger partial charge in [-0.05, 0) is 50.7 Å². The molecule has 0 bridgehead atoms. The van der Waals surface area contributed by atoms with E-state index in [2.05, 4.69) is 47.5 Å². The van der Waals surface area contributed by atoms with Gasteiger partial charge in [0.05, 0.1) is 0 Å². The molecule has 0 aromatic heterocycles. The zero-order valence-corrected chi connectivity index (χ0v) is 14.3. The summed E-state index contributed by atoms with van der Waals surface area (Å²) in [7, 11) is 0. The molecule has 1 aromatic rings. The van der Waals surface area contributed by atoms with Crippen LogP contribution in [0.15, 0.2) is 40.2 Å². The van der Waals surface area contributed by atoms with Gasteiger partial charge in [-0.25, -0.2) is 0 Å². The SMILES string of the molecule is CCN=C(NC1CCC1)N1CCC(CSc2ccccc2)C1. The Balaban J connectivity index is 1.48. The summed E-state index contributed by atoms with van der Waals surface area (Å²) in [6.07, 6.45) is 5.27. The molecule has 1 heterocycles. The van der Waals surface area contributed by atoms with Gasteiger partial charge in [-0.3, -0.25) is 4.99 Å². The van der Waals surface area contributed by atoms with Gasteiger partial charge in [0.2, 0.25) is 0 Å². The van der Waals surface area contributed by atoms with E-state index in [1.54, 1.807) is 0 Å². The maximum Gasteiger partial charge on any atom is 0.194 e. The van der Waals surface area contributed by atoms with Crippen molar-refractivity contribution < 1.29 is 0 Å². The zero-order chi connectivity index (χ0) is 15.2. The summed E-state index contributed by atoms with van der Waals surface area (Å²) in [6, 6.07) is 11.4. The van der Waals surface area contributed by atoms with E-state index in [1.165, 1.54) is 36.3 Å². The van der Waals surface area contributed by atoms with E-state index < -0.39 is 0 Å². The van der Waals surface area contributed by atoms with Crippen LogP contribution >= 0.6 is 11.8 Å². The summed E-state index contributed by atoms with van der Waals surface area (Å²) in [5.74, 6) is 3.14. The second-order valence-corrected chi connectivity index (χ2v) is 7.39. The maximum absolute atomic E-state index is 4.71. The van der Waals surface area contributed by atoms with Crippen molar-refractivity contribution in [2.24, 2.45) is 10.9 Å². The predicted molar refractivity (Wildman–Crippen MR) is 95.6 cm³/mol. The van der Waals surface area contributed by atoms with E-state index >= 15 is 0 Å². The minimum atomic E-state index is 0.669. The molecule has 1 saturated heterocycles. The summed E-state index contributed by atoms with van der Waals surface area (Å²) >= 11 is 1.99. The average Bonchev–Trinajstić information content (AvgIpc) is 2.97. The summed E-state index contributed by atoms with van der Waals surface area (Å²) in [6.45, 7) is 5.30. The van der Waals surface area contributed by atoms with Crippen LogP contribution in [-0.2, 0) is 0 Å². The molecular weight excluding hydrogens is 290 g/mol. The first kappa shape index (κ1) is 15.7. The molecule has 1 saturated carbocycles. The van der Waals surface area contributed by atoms with E-state index in [9.17, 15) is 0 Å². The van der Waals surface area contributed by atoms with Gasteiger partial charge in [0.25, 0.3) is 0 Å². The molecule has 4 heteroatoms. The van der Waals surface area contributed by atoms with Crippen LogP contribution in [0.4, 0.5) is 0 Å². The minimum Gasteiger partial charge on any atom is -0.354 e. The fraction of sp³-hybridized carbons (Fsp3) is 0.611. The quantitative estimate of drug-likeness (QED) is 0.511. The van der Waals surface area contributed by atoms with Crippen LogP contribution in [0.3, 0.4) is 0 Å². The van der Waals surface area contributed by atoms with Crippen LogP contribution in [0.2, 0.25) is 0 Å². The van der Waals surface area contributed by atoms with Crippen LogP contribution in [0.1, 0.15) is 32.6 Å². The van der Waals surface area contributed by atoms with Crippen molar-refractivity contribution in [2.75, 3.05) is 25.4 Å². The number of nitrogens with zero attached hydrogens (tertiary/aromatic N) is 2. The fourth-order valence-corrected chi connectivity index (χ4v) is 4.06. The third-order valence-corrected chi connectivity index (χ3v) is 5.80. The Kier molecular flexibility index (Phi) is 5.65. The molecule has 3 rings (SSSR count). The average molecular weight is 318 g/mol. The number of rotatable bonds is 5. The first-order valence-corrected chi connectivity index (χ1v) is 9.57. The molecule has 0 radical (unpaired) electrons. The molecule has 120 valence electrons. The van der Waals surface area contributed by atoms with Gasteiger partial charge >= 0.3 is 0 Å². The lowest BCUT2D eigenvalue weighted by Crippen LogP contribution is -2.47. The Labute approximate surface area is 138 Å². The number of hydrogen-bond donors (Lipinski definition) is 1. The smallest absolute Gasteiger partial charge is 0.194 e. The molecule has 1 N–H and O–H groups in total. The standard InChI is InChI=1S/C18H27N3S/c1-2-19-18(20-16-7-6-8-16)21-12-11-15(13-21)14-22-17-9-4-3-5-10-17/h3-5,9-10,15-16H,2,6-8,11-14H2,1H3,(H,19,20). The molecule has 0 amide bonds. The molecule has 2 aliphatic rings. The van der Waals surface area contributed by atoms with E-state index in [0.717, 1.165) is 31.5 Å². The fourth-order valence-electron chi connectivity index (χ4n) is 3.01. The third kappa shape index (κ3) is 4.19. The summed E-state index contributed by atoms with van der Waals surface area (Å²) in [4.78, 5) is 8.56. The van der Waals surface area contributed by atoms with Crippen LogP contribution in [-0.4, -0.2) is 42.3 Å². The molecule has 1 unspecified atom stereocenters. The molecule has 2 fully saturated rings. The highest BCUT2D eigenvalue weighted by molar-refractivity contribution is 7.99. The molecule has 1 aromatic carbocycles. The molecule has 3 nitrogen and oxygen atoms in total. The van der Waals surface area contributed by atoms with Crippen LogP contribution in [0.5, 0.6) is 0 Å². The van der Waals surface area contributed by atoms with Gasteiger partial charge in [0.15, 0.2) is 5.96 Å². The monoisotopic (exact) mass is 317 g/mol. The lowest BCUT2D eigenvalue weighted by molar-refractivity contribution is 0.359. The zero-order valence-electron chi connectivity index (χ0n) is 13.5. The normalized spacial score (nSPS) is 22.7. The number of aliphatic imine (C=N–C) groups is 1. The molecule has 0 spiro atoms. The third-order valence-electron chi connectivity index (χ3n) is 4.56. The Morgan fingerprint density at radius 3 is 2.77 bits per heavy atom. The summed E-state index contributed by atoms with van der Waals surface area (Å²) in [5, 5.41) is 3.66. The number of thioether (sulfide) groups is 1. The summed E-state index contributed by atoms with van der Waals surface area (Å²) in [5.41, 5.74) is 0. The van der Waals surface area contributed by atoms with E-state index in [4.69, 9.17) is 4.99 Å². The molecular formula is C18H27N3S. The van der Waals surface area contributed by atoms with Gasteiger partial charge in [-0.1, -0.05) is 18.2 Å². The first-order valence-electron chi connectivity index (χ1n) is 8.59. The van der Waals surface area contributed by atoms with Gasteiger partial charge in [-0.15, -0.1) is 11.8 Å². The van der Waals surface area contributed by atoms with Crippen molar-refractivity contribution >= 4 is 17.7 Å². The lowest BCUT2D eigenvalue weighted by Gasteiger charge is -2.31. The van der Waals surface area contributed by atoms with Crippen LogP contribution in [0.25, 0.3) is 0 Å². The van der Waals surface area contributed by atoms with E-state index in [1.807, 2.05) is 11.8 Å². The Hall–Kier alpha value is -1.16. The second kappa shape index (κ2) is 7.91. The largest absolute Gasteiger partial charge is 0.354 e. The number of nitrogens with one attached hydrogen (secondary N) is 1. The topological polar surface area (TPSA) is 27.6 Å². The van der Waals surface area contributed by atoms with Gasteiger partial charge in [0.1, 0.15) is 0 Å². The summed E-state index contributed by atoms with van der Waals surface area (Å²) < 4.78 is 0. The Morgan fingerprint density at radius 2 is 2.09 bits per heavy atom. The maximum atomic E-state index is 4.71. The highest BCUT2D eigenvalue weighted by atomic mass is 32.2. The van der Waals surface area contributed by atoms with Crippen molar-refractivity contribution in [3.63, 3.8) is 0 Å². The highest BCUT2D eigenvalue weighted by Gasteiger charge is 2.27. The molecule has 1 aliphatic carbocycles. The van der Waals surface area contributed by atoms with Gasteiger partial charge in [-0.2, -0.15) is 0 Å². The van der Waals surface area contributed by atoms with Crippen molar-refractivity contribution in [1.29, 1.82) is 0 Å². The van der Waals surface area contributed by atoms with E-state index in [-0.39, 0.29) is 0 Å². The lowest BCUT2D eigenvalue weighted by atomic mass is 9.93. The molecule has 1 aliphatic heterocycles. The Morgan fingerprint density at radius 1 is 1.27 bits per heavy atom. The highest BCUT2D eigenvalue weighted by Crippen LogP contribution is 2.26. The van der Waals surface area contributed by atoms with Crippen molar-refractivity contribution in [1.82, 2.24) is 10.2 Å². The van der Waals surface area contributed by atoms with Crippen molar-refractivity contribution in [3.8, 4) is 0 Å². The molecule has 22 heavy (non-hydrogen) atoms. The predicted octanol–water partition coefficient (Wildman–Crippen LogP) is 3.62. The second-order valence-electron chi connectivity index (χ2n) is 6.29. The minimum absolute atomic E-state index is 0.669. The van der Waals surface area contributed by atoms with E-state index in [0.29, 0.717) is 6.04 Å². The number of hydrogen-bond acceptors (Lipinski definition) is 2. The number of benzene rings is 1. The number of guanidine groups is 1. The van der Waals surface area contributed by atoms with Crippen LogP contribution in [0, 0.1) is 5.92 Å². The molecule has 1 atom stereocenters.